The van der Waals surface area contributed by atoms with E-state index in [0.717, 1.165) is 67.5 Å². The molecule has 0 saturated carbocycles. The van der Waals surface area contributed by atoms with Gasteiger partial charge in [0.05, 0.1) is 4.34 Å². The van der Waals surface area contributed by atoms with Crippen LogP contribution in [0.4, 0.5) is 0 Å². The van der Waals surface area contributed by atoms with Gasteiger partial charge in [0.25, 0.3) is 0 Å². The maximum atomic E-state index is 6.04. The van der Waals surface area contributed by atoms with Gasteiger partial charge in [0, 0.05) is 63.8 Å². The van der Waals surface area contributed by atoms with Crippen molar-refractivity contribution < 1.29 is 0 Å². The monoisotopic (exact) mass is 545 g/mol. The summed E-state index contributed by atoms with van der Waals surface area (Å²) in [6, 6.07) is 10.0. The van der Waals surface area contributed by atoms with Crippen LogP contribution in [0.25, 0.3) is 5.65 Å². The van der Waals surface area contributed by atoms with Crippen LogP contribution in [0, 0.1) is 0 Å². The summed E-state index contributed by atoms with van der Waals surface area (Å²) >= 11 is 7.70. The Morgan fingerprint density at radius 2 is 2.00 bits per heavy atom. The number of hydrogen-bond acceptors (Lipinski definition) is 5. The average Bonchev–Trinajstić information content (AvgIpc) is 3.32. The van der Waals surface area contributed by atoms with Gasteiger partial charge in [-0.3, -0.25) is 14.3 Å². The van der Waals surface area contributed by atoms with Crippen LogP contribution < -0.4 is 5.32 Å². The molecular formula is C19H25ClIN7S. The number of hydrogen-bond donors (Lipinski definition) is 1. The van der Waals surface area contributed by atoms with Crippen molar-refractivity contribution in [1.82, 2.24) is 29.7 Å². The second-order valence-electron chi connectivity index (χ2n) is 6.74. The highest BCUT2D eigenvalue weighted by Gasteiger charge is 2.20. The van der Waals surface area contributed by atoms with Crippen molar-refractivity contribution in [2.24, 2.45) is 4.99 Å². The minimum Gasteiger partial charge on any atom is -0.356 e. The van der Waals surface area contributed by atoms with Crippen LogP contribution >= 0.6 is 46.9 Å². The number of halogens is 2. The molecule has 0 unspecified atom stereocenters. The van der Waals surface area contributed by atoms with Gasteiger partial charge in [-0.2, -0.15) is 0 Å². The van der Waals surface area contributed by atoms with E-state index in [1.807, 2.05) is 41.9 Å². The highest BCUT2D eigenvalue weighted by molar-refractivity contribution is 14.0. The zero-order chi connectivity index (χ0) is 19.3. The fraction of sp³-hybridized carbons (Fsp3) is 0.421. The van der Waals surface area contributed by atoms with E-state index in [-0.39, 0.29) is 24.0 Å². The number of pyridine rings is 1. The molecule has 1 saturated heterocycles. The molecule has 0 spiro atoms. The van der Waals surface area contributed by atoms with Crippen molar-refractivity contribution in [3.05, 3.63) is 51.6 Å². The van der Waals surface area contributed by atoms with E-state index in [9.17, 15) is 0 Å². The quantitative estimate of drug-likeness (QED) is 0.303. The molecule has 156 valence electrons. The molecule has 3 aromatic heterocycles. The predicted octanol–water partition coefficient (Wildman–Crippen LogP) is 3.00. The summed E-state index contributed by atoms with van der Waals surface area (Å²) in [5, 5.41) is 12.0. The molecule has 4 heterocycles. The maximum Gasteiger partial charge on any atom is 0.193 e. The summed E-state index contributed by atoms with van der Waals surface area (Å²) in [4.78, 5) is 10.6. The summed E-state index contributed by atoms with van der Waals surface area (Å²) < 4.78 is 2.89. The molecule has 7 nitrogen and oxygen atoms in total. The lowest BCUT2D eigenvalue weighted by molar-refractivity contribution is 0.174. The lowest BCUT2D eigenvalue weighted by Crippen LogP contribution is -2.52. The van der Waals surface area contributed by atoms with Crippen LogP contribution in [0.15, 0.2) is 41.5 Å². The molecule has 29 heavy (non-hydrogen) atoms. The smallest absolute Gasteiger partial charge is 0.193 e. The number of thiophene rings is 1. The van der Waals surface area contributed by atoms with Gasteiger partial charge in [-0.05, 0) is 24.3 Å². The fourth-order valence-corrected chi connectivity index (χ4v) is 4.58. The van der Waals surface area contributed by atoms with E-state index in [1.54, 1.807) is 11.3 Å². The average molecular weight is 546 g/mol. The zero-order valence-corrected chi connectivity index (χ0v) is 20.2. The lowest BCUT2D eigenvalue weighted by atomic mass is 10.3. The highest BCUT2D eigenvalue weighted by atomic mass is 127. The normalized spacial score (nSPS) is 15.5. The first-order valence-corrected chi connectivity index (χ1v) is 10.6. The van der Waals surface area contributed by atoms with Gasteiger partial charge in [-0.15, -0.1) is 45.5 Å². The van der Waals surface area contributed by atoms with Crippen LogP contribution in [0.3, 0.4) is 0 Å². The summed E-state index contributed by atoms with van der Waals surface area (Å²) in [5.41, 5.74) is 0.880. The Morgan fingerprint density at radius 3 is 2.72 bits per heavy atom. The lowest BCUT2D eigenvalue weighted by Gasteiger charge is -2.36. The largest absolute Gasteiger partial charge is 0.356 e. The van der Waals surface area contributed by atoms with Gasteiger partial charge in [0.15, 0.2) is 11.6 Å². The van der Waals surface area contributed by atoms with Gasteiger partial charge >= 0.3 is 0 Å². The van der Waals surface area contributed by atoms with Crippen LogP contribution in [0.5, 0.6) is 0 Å². The predicted molar refractivity (Wildman–Crippen MR) is 130 cm³/mol. The van der Waals surface area contributed by atoms with Gasteiger partial charge in [-0.1, -0.05) is 17.7 Å². The van der Waals surface area contributed by atoms with Crippen molar-refractivity contribution in [3.63, 3.8) is 0 Å². The van der Waals surface area contributed by atoms with E-state index < -0.39 is 0 Å². The van der Waals surface area contributed by atoms with E-state index in [4.69, 9.17) is 11.6 Å². The van der Waals surface area contributed by atoms with Crippen LogP contribution in [0.1, 0.15) is 10.7 Å². The number of fused-ring (bicyclic) bond motifs is 1. The summed E-state index contributed by atoms with van der Waals surface area (Å²) in [5.74, 6) is 1.91. The Morgan fingerprint density at radius 1 is 1.17 bits per heavy atom. The third kappa shape index (κ3) is 5.59. The highest BCUT2D eigenvalue weighted by Crippen LogP contribution is 2.23. The number of aliphatic imine (C=N–C) groups is 1. The topological polar surface area (TPSA) is 61.1 Å². The Kier molecular flexibility index (Phi) is 8.10. The molecule has 1 N–H and O–H groups in total. The van der Waals surface area contributed by atoms with Crippen molar-refractivity contribution in [1.29, 1.82) is 0 Å². The van der Waals surface area contributed by atoms with E-state index >= 15 is 0 Å². The van der Waals surface area contributed by atoms with Crippen LogP contribution in [0.2, 0.25) is 4.34 Å². The van der Waals surface area contributed by atoms with Crippen molar-refractivity contribution in [2.45, 2.75) is 13.0 Å². The first-order valence-electron chi connectivity index (χ1n) is 9.44. The van der Waals surface area contributed by atoms with Crippen molar-refractivity contribution in [2.75, 3.05) is 39.8 Å². The molecule has 3 aromatic rings. The summed E-state index contributed by atoms with van der Waals surface area (Å²) in [7, 11) is 1.84. The van der Waals surface area contributed by atoms with Crippen molar-refractivity contribution in [3.8, 4) is 0 Å². The second-order valence-corrected chi connectivity index (χ2v) is 8.54. The van der Waals surface area contributed by atoms with Gasteiger partial charge in [0.2, 0.25) is 0 Å². The molecule has 1 fully saturated rings. The SMILES string of the molecule is CN=C(NCCc1nnc2ccccn12)N1CCN(Cc2ccc(Cl)s2)CC1.I. The first-order chi connectivity index (χ1) is 13.7. The zero-order valence-electron chi connectivity index (χ0n) is 16.3. The molecule has 10 heteroatoms. The minimum atomic E-state index is 0. The third-order valence-electron chi connectivity index (χ3n) is 4.91. The Labute approximate surface area is 196 Å². The molecule has 0 amide bonds. The Bertz CT molecular complexity index is 949. The summed E-state index contributed by atoms with van der Waals surface area (Å²) in [6.07, 6.45) is 2.79. The minimum absolute atomic E-state index is 0. The van der Waals surface area contributed by atoms with E-state index in [0.29, 0.717) is 0 Å². The third-order valence-corrected chi connectivity index (χ3v) is 6.12. The molecule has 0 radical (unpaired) electrons. The van der Waals surface area contributed by atoms with E-state index in [1.165, 1.54) is 4.88 Å². The molecule has 1 aliphatic heterocycles. The molecule has 1 aliphatic rings. The molecule has 0 atom stereocenters. The number of nitrogens with zero attached hydrogens (tertiary/aromatic N) is 6. The first kappa shape index (κ1) is 22.3. The second kappa shape index (κ2) is 10.6. The van der Waals surface area contributed by atoms with Crippen LogP contribution in [-0.2, 0) is 13.0 Å². The van der Waals surface area contributed by atoms with Crippen molar-refractivity contribution >= 4 is 58.5 Å². The maximum absolute atomic E-state index is 6.04. The molecule has 0 aromatic carbocycles. The molecule has 4 rings (SSSR count). The van der Waals surface area contributed by atoms with E-state index in [2.05, 4.69) is 36.4 Å². The Balaban J connectivity index is 0.00000240. The number of nitrogens with one attached hydrogen (secondary N) is 1. The molecular weight excluding hydrogens is 521 g/mol. The summed E-state index contributed by atoms with van der Waals surface area (Å²) in [6.45, 7) is 5.71. The number of aromatic nitrogens is 3. The van der Waals surface area contributed by atoms with Gasteiger partial charge < -0.3 is 10.2 Å². The number of rotatable bonds is 5. The number of guanidine groups is 1. The molecule has 0 aliphatic carbocycles. The molecule has 0 bridgehead atoms. The Hall–Kier alpha value is -1.43. The fourth-order valence-electron chi connectivity index (χ4n) is 3.45. The van der Waals surface area contributed by atoms with Gasteiger partial charge in [0.1, 0.15) is 5.82 Å². The number of piperazine rings is 1. The standard InChI is InChI=1S/C19H24ClN7S.HI/c1-21-19(22-8-7-18-24-23-17-4-2-3-9-27(17)18)26-12-10-25(11-13-26)14-15-5-6-16(20)28-15;/h2-6,9H,7-8,10-14H2,1H3,(H,21,22);1H. The van der Waals surface area contributed by atoms with Crippen LogP contribution in [-0.4, -0.2) is 70.1 Å². The van der Waals surface area contributed by atoms with Gasteiger partial charge in [-0.25, -0.2) is 0 Å².